The lowest BCUT2D eigenvalue weighted by Crippen LogP contribution is -2.42. The Balaban J connectivity index is 2.89. The average Bonchev–Trinajstić information content (AvgIpc) is 2.65. The van der Waals surface area contributed by atoms with Gasteiger partial charge in [-0.1, -0.05) is 0 Å². The molecule has 0 saturated carbocycles. The molecule has 1 heterocycles. The van der Waals surface area contributed by atoms with Crippen molar-refractivity contribution >= 4 is 0 Å². The van der Waals surface area contributed by atoms with Gasteiger partial charge in [0.2, 0.25) is 0 Å². The summed E-state index contributed by atoms with van der Waals surface area (Å²) in [5.41, 5.74) is 5.97. The zero-order chi connectivity index (χ0) is 12.8. The second kappa shape index (κ2) is 6.76. The van der Waals surface area contributed by atoms with Crippen LogP contribution in [-0.4, -0.2) is 47.5 Å². The molecule has 0 aromatic carbocycles. The van der Waals surface area contributed by atoms with Gasteiger partial charge in [-0.2, -0.15) is 0 Å². The van der Waals surface area contributed by atoms with E-state index in [9.17, 15) is 0 Å². The van der Waals surface area contributed by atoms with Crippen LogP contribution in [0.25, 0.3) is 0 Å². The topological polar surface area (TPSA) is 82.9 Å². The quantitative estimate of drug-likeness (QED) is 0.639. The van der Waals surface area contributed by atoms with Crippen LogP contribution >= 0.6 is 0 Å². The smallest absolute Gasteiger partial charge is 0.122 e. The molecule has 0 bridgehead atoms. The predicted molar refractivity (Wildman–Crippen MR) is 65.6 cm³/mol. The monoisotopic (exact) mass is 242 g/mol. The third-order valence-electron chi connectivity index (χ3n) is 2.72. The third-order valence-corrected chi connectivity index (χ3v) is 2.72. The van der Waals surface area contributed by atoms with Gasteiger partial charge in [0.15, 0.2) is 0 Å². The molecule has 1 aromatic heterocycles. The number of furan rings is 1. The van der Waals surface area contributed by atoms with Crippen molar-refractivity contribution < 1.29 is 14.6 Å². The molecule has 0 aliphatic carbocycles. The van der Waals surface area contributed by atoms with Gasteiger partial charge in [-0.15, -0.1) is 0 Å². The standard InChI is InChI=1S/C12H22N2O3/c1-9-3-4-11(17-9)12(10(2)13)14(5-7-15)6-8-16/h3-4,10,12,15-16H,5-8,13H2,1-2H3. The molecule has 5 heteroatoms. The van der Waals surface area contributed by atoms with E-state index in [1.807, 2.05) is 30.9 Å². The van der Waals surface area contributed by atoms with Crippen LogP contribution in [0.15, 0.2) is 16.5 Å². The van der Waals surface area contributed by atoms with Crippen molar-refractivity contribution in [2.75, 3.05) is 26.3 Å². The molecule has 4 N–H and O–H groups in total. The number of nitrogens with two attached hydrogens (primary N) is 1. The maximum atomic E-state index is 9.05. The summed E-state index contributed by atoms with van der Waals surface area (Å²) < 4.78 is 5.60. The van der Waals surface area contributed by atoms with Crippen LogP contribution in [0.4, 0.5) is 0 Å². The first kappa shape index (κ1) is 14.2. The summed E-state index contributed by atoms with van der Waals surface area (Å²) in [5, 5.41) is 18.1. The van der Waals surface area contributed by atoms with E-state index in [2.05, 4.69) is 0 Å². The Labute approximate surface area is 102 Å². The van der Waals surface area contributed by atoms with Gasteiger partial charge in [-0.3, -0.25) is 4.90 Å². The molecule has 0 amide bonds. The van der Waals surface area contributed by atoms with Crippen LogP contribution in [0.5, 0.6) is 0 Å². The van der Waals surface area contributed by atoms with Gasteiger partial charge in [0, 0.05) is 19.1 Å². The van der Waals surface area contributed by atoms with Crippen LogP contribution in [0.2, 0.25) is 0 Å². The minimum Gasteiger partial charge on any atom is -0.465 e. The number of aryl methyl sites for hydroxylation is 1. The molecule has 98 valence electrons. The second-order valence-corrected chi connectivity index (χ2v) is 4.24. The fourth-order valence-electron chi connectivity index (χ4n) is 2.03. The van der Waals surface area contributed by atoms with Crippen molar-refractivity contribution in [2.24, 2.45) is 5.73 Å². The highest BCUT2D eigenvalue weighted by atomic mass is 16.3. The summed E-state index contributed by atoms with van der Waals surface area (Å²) in [6.45, 7) is 4.76. The first-order chi connectivity index (χ1) is 8.10. The molecule has 2 unspecified atom stereocenters. The van der Waals surface area contributed by atoms with Crippen LogP contribution in [0, 0.1) is 6.92 Å². The summed E-state index contributed by atoms with van der Waals surface area (Å²) in [7, 11) is 0. The van der Waals surface area contributed by atoms with E-state index in [4.69, 9.17) is 20.4 Å². The lowest BCUT2D eigenvalue weighted by atomic mass is 10.1. The second-order valence-electron chi connectivity index (χ2n) is 4.24. The van der Waals surface area contributed by atoms with E-state index >= 15 is 0 Å². The van der Waals surface area contributed by atoms with E-state index in [1.54, 1.807) is 0 Å². The Morgan fingerprint density at radius 1 is 1.29 bits per heavy atom. The summed E-state index contributed by atoms with van der Waals surface area (Å²) in [6, 6.07) is 3.52. The molecule has 0 fully saturated rings. The van der Waals surface area contributed by atoms with Gasteiger partial charge in [-0.25, -0.2) is 0 Å². The Hall–Kier alpha value is -0.880. The fraction of sp³-hybridized carbons (Fsp3) is 0.667. The number of aliphatic hydroxyl groups is 2. The van der Waals surface area contributed by atoms with E-state index in [-0.39, 0.29) is 25.3 Å². The Morgan fingerprint density at radius 2 is 1.88 bits per heavy atom. The molecule has 1 aromatic rings. The average molecular weight is 242 g/mol. The van der Waals surface area contributed by atoms with Gasteiger partial charge in [0.1, 0.15) is 11.5 Å². The van der Waals surface area contributed by atoms with Gasteiger partial charge in [0.05, 0.1) is 19.3 Å². The fourth-order valence-corrected chi connectivity index (χ4v) is 2.03. The summed E-state index contributed by atoms with van der Waals surface area (Å²) >= 11 is 0. The number of hydrogen-bond donors (Lipinski definition) is 3. The van der Waals surface area contributed by atoms with Crippen molar-refractivity contribution in [1.82, 2.24) is 4.90 Å². The number of aliphatic hydroxyl groups excluding tert-OH is 2. The summed E-state index contributed by atoms with van der Waals surface area (Å²) in [6.07, 6.45) is 0. The number of rotatable bonds is 7. The maximum absolute atomic E-state index is 9.05. The van der Waals surface area contributed by atoms with E-state index < -0.39 is 0 Å². The Morgan fingerprint density at radius 3 is 2.24 bits per heavy atom. The zero-order valence-electron chi connectivity index (χ0n) is 10.5. The minimum absolute atomic E-state index is 0.0307. The molecule has 0 saturated heterocycles. The van der Waals surface area contributed by atoms with Crippen molar-refractivity contribution in [2.45, 2.75) is 25.9 Å². The molecule has 0 aliphatic rings. The summed E-state index contributed by atoms with van der Waals surface area (Å²) in [4.78, 5) is 1.93. The van der Waals surface area contributed by atoms with Crippen LogP contribution in [0.3, 0.4) is 0 Å². The molecule has 0 radical (unpaired) electrons. The van der Waals surface area contributed by atoms with Crippen molar-refractivity contribution in [3.63, 3.8) is 0 Å². The largest absolute Gasteiger partial charge is 0.465 e. The predicted octanol–water partition coefficient (Wildman–Crippen LogP) is 0.263. The third kappa shape index (κ3) is 3.81. The molecule has 1 rings (SSSR count). The summed E-state index contributed by atoms with van der Waals surface area (Å²) in [5.74, 6) is 1.61. The maximum Gasteiger partial charge on any atom is 0.122 e. The van der Waals surface area contributed by atoms with E-state index in [0.29, 0.717) is 13.1 Å². The Kier molecular flexibility index (Phi) is 5.64. The lowest BCUT2D eigenvalue weighted by Gasteiger charge is -2.31. The van der Waals surface area contributed by atoms with E-state index in [0.717, 1.165) is 11.5 Å². The lowest BCUT2D eigenvalue weighted by molar-refractivity contribution is 0.0990. The van der Waals surface area contributed by atoms with Gasteiger partial charge in [-0.05, 0) is 26.0 Å². The minimum atomic E-state index is -0.140. The number of nitrogens with zero attached hydrogens (tertiary/aromatic N) is 1. The van der Waals surface area contributed by atoms with Crippen LogP contribution in [0.1, 0.15) is 24.5 Å². The highest BCUT2D eigenvalue weighted by molar-refractivity contribution is 5.11. The van der Waals surface area contributed by atoms with Crippen molar-refractivity contribution in [1.29, 1.82) is 0 Å². The molecular weight excluding hydrogens is 220 g/mol. The molecule has 2 atom stereocenters. The normalized spacial score (nSPS) is 15.2. The van der Waals surface area contributed by atoms with Crippen LogP contribution in [-0.2, 0) is 0 Å². The Bertz CT molecular complexity index is 319. The SMILES string of the molecule is Cc1ccc(C(C(C)N)N(CCO)CCO)o1. The highest BCUT2D eigenvalue weighted by Gasteiger charge is 2.26. The van der Waals surface area contributed by atoms with E-state index in [1.165, 1.54) is 0 Å². The highest BCUT2D eigenvalue weighted by Crippen LogP contribution is 2.24. The van der Waals surface area contributed by atoms with Gasteiger partial charge < -0.3 is 20.4 Å². The first-order valence-electron chi connectivity index (χ1n) is 5.87. The number of hydrogen-bond acceptors (Lipinski definition) is 5. The molecule has 0 spiro atoms. The van der Waals surface area contributed by atoms with Crippen LogP contribution < -0.4 is 5.73 Å². The zero-order valence-corrected chi connectivity index (χ0v) is 10.5. The first-order valence-corrected chi connectivity index (χ1v) is 5.87. The molecule has 0 aliphatic heterocycles. The van der Waals surface area contributed by atoms with Gasteiger partial charge in [0.25, 0.3) is 0 Å². The molecule has 17 heavy (non-hydrogen) atoms. The molecular formula is C12H22N2O3. The molecule has 5 nitrogen and oxygen atoms in total. The van der Waals surface area contributed by atoms with Gasteiger partial charge >= 0.3 is 0 Å². The van der Waals surface area contributed by atoms with Crippen molar-refractivity contribution in [3.05, 3.63) is 23.7 Å². The van der Waals surface area contributed by atoms with Crippen molar-refractivity contribution in [3.8, 4) is 0 Å².